The van der Waals surface area contributed by atoms with E-state index in [1.165, 1.54) is 12.3 Å². The average Bonchev–Trinajstić information content (AvgIpc) is 2.54. The maximum absolute atomic E-state index is 10.8. The van der Waals surface area contributed by atoms with Crippen LogP contribution in [0.4, 0.5) is 11.5 Å². The first-order chi connectivity index (χ1) is 11.1. The molecule has 7 heteroatoms. The maximum atomic E-state index is 10.8. The lowest BCUT2D eigenvalue weighted by molar-refractivity contribution is -0.385. The molecule has 0 atom stereocenters. The first kappa shape index (κ1) is 16.7. The van der Waals surface area contributed by atoms with Gasteiger partial charge in [-0.2, -0.15) is 0 Å². The van der Waals surface area contributed by atoms with E-state index in [9.17, 15) is 10.1 Å². The van der Waals surface area contributed by atoms with Crippen LogP contribution in [0.1, 0.15) is 11.1 Å². The summed E-state index contributed by atoms with van der Waals surface area (Å²) in [4.78, 5) is 14.2. The molecule has 2 N–H and O–H groups in total. The van der Waals surface area contributed by atoms with Crippen molar-refractivity contribution in [1.82, 2.24) is 4.98 Å². The Hall–Kier alpha value is -2.67. The average molecular weight is 317 g/mol. The van der Waals surface area contributed by atoms with Gasteiger partial charge in [-0.25, -0.2) is 4.98 Å². The molecular weight excluding hydrogens is 298 g/mol. The molecule has 2 aromatic rings. The molecule has 1 heterocycles. The third-order valence-electron chi connectivity index (χ3n) is 3.34. The minimum atomic E-state index is -0.472. The summed E-state index contributed by atoms with van der Waals surface area (Å²) < 4.78 is 10.5. The molecule has 0 spiro atoms. The van der Waals surface area contributed by atoms with Crippen LogP contribution >= 0.6 is 0 Å². The van der Waals surface area contributed by atoms with Crippen molar-refractivity contribution in [2.24, 2.45) is 0 Å². The van der Waals surface area contributed by atoms with Gasteiger partial charge in [0.25, 0.3) is 5.69 Å². The van der Waals surface area contributed by atoms with E-state index in [1.807, 2.05) is 24.3 Å². The largest absolute Gasteiger partial charge is 0.491 e. The fraction of sp³-hybridized carbons (Fsp3) is 0.312. The van der Waals surface area contributed by atoms with Gasteiger partial charge in [0.05, 0.1) is 11.5 Å². The van der Waals surface area contributed by atoms with Crippen LogP contribution in [0.5, 0.6) is 5.75 Å². The van der Waals surface area contributed by atoms with Crippen LogP contribution in [0.3, 0.4) is 0 Å². The molecule has 0 unspecified atom stereocenters. The molecule has 0 saturated carbocycles. The zero-order chi connectivity index (χ0) is 16.7. The highest BCUT2D eigenvalue weighted by Gasteiger charge is 2.10. The molecule has 122 valence electrons. The number of rotatable bonds is 8. The first-order valence-electron chi connectivity index (χ1n) is 7.19. The third-order valence-corrected chi connectivity index (χ3v) is 3.34. The Balaban J connectivity index is 2.02. The minimum absolute atomic E-state index is 0.0501. The van der Waals surface area contributed by atoms with Crippen LogP contribution in [0.25, 0.3) is 0 Å². The normalized spacial score (nSPS) is 10.5. The highest BCUT2D eigenvalue weighted by molar-refractivity contribution is 5.46. The second-order valence-corrected chi connectivity index (χ2v) is 4.98. The van der Waals surface area contributed by atoms with Crippen LogP contribution in [-0.2, 0) is 17.6 Å². The molecule has 1 aromatic carbocycles. The molecule has 0 aliphatic carbocycles. The minimum Gasteiger partial charge on any atom is -0.491 e. The molecule has 23 heavy (non-hydrogen) atoms. The van der Waals surface area contributed by atoms with Gasteiger partial charge in [-0.15, -0.1) is 0 Å². The summed E-state index contributed by atoms with van der Waals surface area (Å²) in [5, 5.41) is 10.8. The molecule has 0 fully saturated rings. The predicted octanol–water partition coefficient (Wildman–Crippen LogP) is 2.38. The van der Waals surface area contributed by atoms with Crippen molar-refractivity contribution in [3.63, 3.8) is 0 Å². The van der Waals surface area contributed by atoms with Crippen LogP contribution in [0.2, 0.25) is 0 Å². The Morgan fingerprint density at radius 2 is 2.09 bits per heavy atom. The lowest BCUT2D eigenvalue weighted by atomic mass is 10.0. The number of nitrogen functional groups attached to an aromatic ring is 1. The van der Waals surface area contributed by atoms with Gasteiger partial charge in [-0.1, -0.05) is 12.1 Å². The zero-order valence-electron chi connectivity index (χ0n) is 12.9. The van der Waals surface area contributed by atoms with Crippen molar-refractivity contribution >= 4 is 11.5 Å². The van der Waals surface area contributed by atoms with Crippen LogP contribution in [0, 0.1) is 10.1 Å². The lowest BCUT2D eigenvalue weighted by Crippen LogP contribution is -2.05. The van der Waals surface area contributed by atoms with Gasteiger partial charge in [-0.3, -0.25) is 10.1 Å². The topological polar surface area (TPSA) is 101 Å². The Morgan fingerprint density at radius 1 is 1.26 bits per heavy atom. The SMILES string of the molecule is COCCOc1cccc(CCc2cc([N+](=O)[O-])cnc2N)c1. The third kappa shape index (κ3) is 4.93. The monoisotopic (exact) mass is 317 g/mol. The van der Waals surface area contributed by atoms with Crippen LogP contribution < -0.4 is 10.5 Å². The summed E-state index contributed by atoms with van der Waals surface area (Å²) in [6.07, 6.45) is 2.43. The van der Waals surface area contributed by atoms with Gasteiger partial charge < -0.3 is 15.2 Å². The quantitative estimate of drug-likeness (QED) is 0.456. The molecule has 0 aliphatic rings. The Kier molecular flexibility index (Phi) is 5.87. The zero-order valence-corrected chi connectivity index (χ0v) is 12.9. The van der Waals surface area contributed by atoms with Crippen molar-refractivity contribution in [3.8, 4) is 5.75 Å². The number of nitro groups is 1. The molecule has 0 bridgehead atoms. The number of methoxy groups -OCH3 is 1. The van der Waals surface area contributed by atoms with E-state index < -0.39 is 4.92 Å². The standard InChI is InChI=1S/C16H19N3O4/c1-22-7-8-23-15-4-2-3-12(9-15)5-6-13-10-14(19(20)21)11-18-16(13)17/h2-4,9-11H,5-8H2,1H3,(H2,17,18). The Bertz CT molecular complexity index is 676. The smallest absolute Gasteiger partial charge is 0.288 e. The van der Waals surface area contributed by atoms with E-state index in [0.29, 0.717) is 37.4 Å². The molecule has 0 amide bonds. The number of nitrogens with zero attached hydrogens (tertiary/aromatic N) is 2. The molecular formula is C16H19N3O4. The van der Waals surface area contributed by atoms with Crippen molar-refractivity contribution in [1.29, 1.82) is 0 Å². The van der Waals surface area contributed by atoms with E-state index in [2.05, 4.69) is 4.98 Å². The van der Waals surface area contributed by atoms with Gasteiger partial charge in [0.1, 0.15) is 24.4 Å². The van der Waals surface area contributed by atoms with Crippen molar-refractivity contribution in [2.45, 2.75) is 12.8 Å². The highest BCUT2D eigenvalue weighted by atomic mass is 16.6. The Morgan fingerprint density at radius 3 is 2.83 bits per heavy atom. The van der Waals surface area contributed by atoms with Crippen molar-refractivity contribution in [2.75, 3.05) is 26.1 Å². The van der Waals surface area contributed by atoms with Gasteiger partial charge in [0, 0.05) is 18.7 Å². The molecule has 1 aromatic heterocycles. The molecule has 0 aliphatic heterocycles. The van der Waals surface area contributed by atoms with E-state index in [1.54, 1.807) is 7.11 Å². The summed E-state index contributed by atoms with van der Waals surface area (Å²) in [5.74, 6) is 1.09. The second kappa shape index (κ2) is 8.09. The maximum Gasteiger partial charge on any atom is 0.288 e. The highest BCUT2D eigenvalue weighted by Crippen LogP contribution is 2.20. The molecule has 2 rings (SSSR count). The van der Waals surface area contributed by atoms with E-state index in [-0.39, 0.29) is 5.69 Å². The van der Waals surface area contributed by atoms with E-state index >= 15 is 0 Å². The van der Waals surface area contributed by atoms with Crippen molar-refractivity contribution in [3.05, 3.63) is 57.8 Å². The number of aromatic nitrogens is 1. The van der Waals surface area contributed by atoms with Gasteiger partial charge in [-0.05, 0) is 30.5 Å². The van der Waals surface area contributed by atoms with Gasteiger partial charge in [0.2, 0.25) is 0 Å². The number of hydrogen-bond donors (Lipinski definition) is 1. The fourth-order valence-electron chi connectivity index (χ4n) is 2.12. The van der Waals surface area contributed by atoms with Crippen molar-refractivity contribution < 1.29 is 14.4 Å². The molecule has 0 saturated heterocycles. The molecule has 0 radical (unpaired) electrons. The number of hydrogen-bond acceptors (Lipinski definition) is 6. The first-order valence-corrected chi connectivity index (χ1v) is 7.19. The number of anilines is 1. The number of nitrogens with two attached hydrogens (primary N) is 1. The second-order valence-electron chi connectivity index (χ2n) is 4.98. The molecule has 7 nitrogen and oxygen atoms in total. The number of ether oxygens (including phenoxy) is 2. The predicted molar refractivity (Wildman–Crippen MR) is 86.5 cm³/mol. The summed E-state index contributed by atoms with van der Waals surface area (Å²) in [6, 6.07) is 9.18. The summed E-state index contributed by atoms with van der Waals surface area (Å²) in [6.45, 7) is 1.02. The lowest BCUT2D eigenvalue weighted by Gasteiger charge is -2.08. The summed E-state index contributed by atoms with van der Waals surface area (Å²) >= 11 is 0. The van der Waals surface area contributed by atoms with E-state index in [4.69, 9.17) is 15.2 Å². The van der Waals surface area contributed by atoms with Gasteiger partial charge in [0.15, 0.2) is 0 Å². The number of benzene rings is 1. The Labute approximate surface area is 134 Å². The number of pyridine rings is 1. The number of aryl methyl sites for hydroxylation is 2. The van der Waals surface area contributed by atoms with Crippen LogP contribution in [0.15, 0.2) is 36.5 Å². The summed E-state index contributed by atoms with van der Waals surface area (Å²) in [5.41, 5.74) is 7.47. The fourth-order valence-corrected chi connectivity index (χ4v) is 2.12. The van der Waals surface area contributed by atoms with Gasteiger partial charge >= 0.3 is 0 Å². The van der Waals surface area contributed by atoms with Crippen LogP contribution in [-0.4, -0.2) is 30.2 Å². The van der Waals surface area contributed by atoms with E-state index in [0.717, 1.165) is 11.3 Å². The summed E-state index contributed by atoms with van der Waals surface area (Å²) in [7, 11) is 1.62.